The van der Waals surface area contributed by atoms with Crippen LogP contribution >= 0.6 is 22.9 Å². The highest BCUT2D eigenvalue weighted by molar-refractivity contribution is 7.17. The molecule has 3 N–H and O–H groups in total. The molecule has 1 aromatic carbocycles. The summed E-state index contributed by atoms with van der Waals surface area (Å²) in [6.45, 7) is 7.07. The van der Waals surface area contributed by atoms with Crippen LogP contribution in [-0.4, -0.2) is 65.2 Å². The van der Waals surface area contributed by atoms with Crippen molar-refractivity contribution < 1.29 is 9.53 Å². The van der Waals surface area contributed by atoms with Gasteiger partial charge in [0.25, 0.3) is 5.91 Å². The molecular formula is C21H24ClN7O2S. The third-order valence-electron chi connectivity index (χ3n) is 4.93. The number of aromatic nitrogens is 3. The standard InChI is InChI=1S/C21H24ClN7O2S/c1-14-3-2-4-15(22)19(14)28-20(30)16-12-24-21(32-16)27-18-11-17(25-13-26-18)23-5-6-29-7-9-31-10-8-29/h2-4,11-13H,5-10H2,1H3,(H,28,30)(H2,23,24,25,26,27). The average Bonchev–Trinajstić information content (AvgIpc) is 3.26. The highest BCUT2D eigenvalue weighted by Crippen LogP contribution is 2.28. The molecule has 3 heterocycles. The first-order valence-electron chi connectivity index (χ1n) is 10.2. The fourth-order valence-corrected chi connectivity index (χ4v) is 4.19. The van der Waals surface area contributed by atoms with Gasteiger partial charge in [-0.1, -0.05) is 35.1 Å². The number of para-hydroxylation sites is 1. The maximum absolute atomic E-state index is 12.6. The van der Waals surface area contributed by atoms with E-state index in [0.717, 1.165) is 50.8 Å². The fourth-order valence-electron chi connectivity index (χ4n) is 3.20. The number of anilines is 4. The van der Waals surface area contributed by atoms with Crippen molar-refractivity contribution in [3.63, 3.8) is 0 Å². The van der Waals surface area contributed by atoms with Crippen molar-refractivity contribution in [2.45, 2.75) is 6.92 Å². The van der Waals surface area contributed by atoms with Crippen molar-refractivity contribution in [1.29, 1.82) is 0 Å². The van der Waals surface area contributed by atoms with Crippen LogP contribution in [0.4, 0.5) is 22.5 Å². The van der Waals surface area contributed by atoms with Gasteiger partial charge >= 0.3 is 0 Å². The van der Waals surface area contributed by atoms with Crippen LogP contribution in [0.25, 0.3) is 0 Å². The molecule has 4 rings (SSSR count). The lowest BCUT2D eigenvalue weighted by Crippen LogP contribution is -2.39. The number of benzene rings is 1. The minimum atomic E-state index is -0.264. The lowest BCUT2D eigenvalue weighted by Gasteiger charge is -2.26. The lowest BCUT2D eigenvalue weighted by atomic mass is 10.2. The number of morpholine rings is 1. The first-order chi connectivity index (χ1) is 15.6. The van der Waals surface area contributed by atoms with Crippen LogP contribution in [0.2, 0.25) is 5.02 Å². The smallest absolute Gasteiger partial charge is 0.267 e. The molecule has 0 atom stereocenters. The molecule has 1 amide bonds. The van der Waals surface area contributed by atoms with Crippen molar-refractivity contribution >= 4 is 51.3 Å². The number of ether oxygens (including phenoxy) is 1. The zero-order valence-electron chi connectivity index (χ0n) is 17.6. The second kappa shape index (κ2) is 10.7. The molecule has 0 aliphatic carbocycles. The average molecular weight is 474 g/mol. The first kappa shape index (κ1) is 22.4. The van der Waals surface area contributed by atoms with E-state index in [1.54, 1.807) is 6.07 Å². The van der Waals surface area contributed by atoms with Gasteiger partial charge < -0.3 is 20.7 Å². The molecule has 1 aliphatic heterocycles. The number of aryl methyl sites for hydroxylation is 1. The van der Waals surface area contributed by atoms with Crippen LogP contribution in [0.5, 0.6) is 0 Å². The molecule has 0 saturated carbocycles. The van der Waals surface area contributed by atoms with E-state index < -0.39 is 0 Å². The predicted molar refractivity (Wildman–Crippen MR) is 127 cm³/mol. The molecule has 0 bridgehead atoms. The Morgan fingerprint density at radius 2 is 2.03 bits per heavy atom. The summed E-state index contributed by atoms with van der Waals surface area (Å²) in [5.41, 5.74) is 1.49. The van der Waals surface area contributed by atoms with Crippen LogP contribution in [-0.2, 0) is 4.74 Å². The van der Waals surface area contributed by atoms with Gasteiger partial charge in [0.05, 0.1) is 30.1 Å². The largest absolute Gasteiger partial charge is 0.379 e. The Labute approximate surface area is 195 Å². The van der Waals surface area contributed by atoms with Crippen LogP contribution in [0.3, 0.4) is 0 Å². The molecule has 0 spiro atoms. The van der Waals surface area contributed by atoms with E-state index in [1.165, 1.54) is 23.9 Å². The van der Waals surface area contributed by atoms with Crippen LogP contribution < -0.4 is 16.0 Å². The summed E-state index contributed by atoms with van der Waals surface area (Å²) in [5.74, 6) is 1.05. The third-order valence-corrected chi connectivity index (χ3v) is 6.16. The summed E-state index contributed by atoms with van der Waals surface area (Å²) >= 11 is 7.43. The van der Waals surface area contributed by atoms with Crippen molar-refractivity contribution in [2.24, 2.45) is 0 Å². The zero-order chi connectivity index (χ0) is 22.3. The number of carbonyl (C=O) groups is 1. The highest BCUT2D eigenvalue weighted by atomic mass is 35.5. The number of amides is 1. The van der Waals surface area contributed by atoms with E-state index in [9.17, 15) is 4.79 Å². The number of nitrogens with one attached hydrogen (secondary N) is 3. The first-order valence-corrected chi connectivity index (χ1v) is 11.4. The lowest BCUT2D eigenvalue weighted by molar-refractivity contribution is 0.0398. The number of halogens is 1. The van der Waals surface area contributed by atoms with Crippen LogP contribution in [0.15, 0.2) is 36.8 Å². The normalized spacial score (nSPS) is 14.2. The van der Waals surface area contributed by atoms with E-state index in [-0.39, 0.29) is 5.91 Å². The molecular weight excluding hydrogens is 450 g/mol. The summed E-state index contributed by atoms with van der Waals surface area (Å²) in [5, 5.41) is 10.4. The van der Waals surface area contributed by atoms with Gasteiger partial charge in [0.1, 0.15) is 22.8 Å². The van der Waals surface area contributed by atoms with E-state index >= 15 is 0 Å². The Bertz CT molecular complexity index is 1050. The monoisotopic (exact) mass is 473 g/mol. The maximum atomic E-state index is 12.6. The van der Waals surface area contributed by atoms with E-state index in [4.69, 9.17) is 16.3 Å². The molecule has 2 aromatic heterocycles. The van der Waals surface area contributed by atoms with E-state index in [2.05, 4.69) is 35.8 Å². The minimum absolute atomic E-state index is 0.264. The summed E-state index contributed by atoms with van der Waals surface area (Å²) in [4.78, 5) is 28.2. The fraction of sp³-hybridized carbons (Fsp3) is 0.333. The van der Waals surface area contributed by atoms with Gasteiger partial charge in [-0.05, 0) is 18.6 Å². The molecule has 1 aliphatic rings. The van der Waals surface area contributed by atoms with Crippen molar-refractivity contribution in [2.75, 3.05) is 55.3 Å². The quantitative estimate of drug-likeness (QED) is 0.455. The van der Waals surface area contributed by atoms with Gasteiger partial charge in [-0.2, -0.15) is 0 Å². The summed E-state index contributed by atoms with van der Waals surface area (Å²) in [6, 6.07) is 7.29. The molecule has 32 heavy (non-hydrogen) atoms. The number of nitrogens with zero attached hydrogens (tertiary/aromatic N) is 4. The van der Waals surface area contributed by atoms with Gasteiger partial charge in [0.15, 0.2) is 5.13 Å². The number of thiazole rings is 1. The highest BCUT2D eigenvalue weighted by Gasteiger charge is 2.14. The van der Waals surface area contributed by atoms with Gasteiger partial charge in [0.2, 0.25) is 0 Å². The molecule has 168 valence electrons. The van der Waals surface area contributed by atoms with E-state index in [1.807, 2.05) is 25.1 Å². The Hall–Kier alpha value is -2.79. The summed E-state index contributed by atoms with van der Waals surface area (Å²) < 4.78 is 5.37. The second-order valence-corrected chi connectivity index (χ2v) is 8.65. The van der Waals surface area contributed by atoms with Gasteiger partial charge in [-0.3, -0.25) is 9.69 Å². The Morgan fingerprint density at radius 3 is 2.84 bits per heavy atom. The minimum Gasteiger partial charge on any atom is -0.379 e. The Balaban J connectivity index is 1.33. The zero-order valence-corrected chi connectivity index (χ0v) is 19.2. The van der Waals surface area contributed by atoms with Crippen LogP contribution in [0.1, 0.15) is 15.2 Å². The van der Waals surface area contributed by atoms with Gasteiger partial charge in [-0.25, -0.2) is 15.0 Å². The number of rotatable bonds is 8. The van der Waals surface area contributed by atoms with Gasteiger partial charge in [0, 0.05) is 32.2 Å². The molecule has 3 aromatic rings. The number of carbonyl (C=O) groups excluding carboxylic acids is 1. The maximum Gasteiger partial charge on any atom is 0.267 e. The topological polar surface area (TPSA) is 104 Å². The SMILES string of the molecule is Cc1cccc(Cl)c1NC(=O)c1cnc(Nc2cc(NCCN3CCOCC3)ncn2)s1. The molecule has 1 fully saturated rings. The van der Waals surface area contributed by atoms with Crippen molar-refractivity contribution in [3.05, 3.63) is 52.3 Å². The Morgan fingerprint density at radius 1 is 1.22 bits per heavy atom. The van der Waals surface area contributed by atoms with Crippen LogP contribution in [0, 0.1) is 6.92 Å². The second-order valence-electron chi connectivity index (χ2n) is 7.21. The van der Waals surface area contributed by atoms with Crippen molar-refractivity contribution in [3.8, 4) is 0 Å². The summed E-state index contributed by atoms with van der Waals surface area (Å²) in [7, 11) is 0. The van der Waals surface area contributed by atoms with E-state index in [0.29, 0.717) is 26.5 Å². The summed E-state index contributed by atoms with van der Waals surface area (Å²) in [6.07, 6.45) is 3.01. The molecule has 0 radical (unpaired) electrons. The molecule has 0 unspecified atom stereocenters. The Kier molecular flexibility index (Phi) is 7.48. The van der Waals surface area contributed by atoms with Gasteiger partial charge in [-0.15, -0.1) is 0 Å². The molecule has 9 nitrogen and oxygen atoms in total. The number of hydrogen-bond acceptors (Lipinski definition) is 9. The molecule has 1 saturated heterocycles. The number of hydrogen-bond donors (Lipinski definition) is 3. The molecule has 11 heteroatoms. The third kappa shape index (κ3) is 5.92. The predicted octanol–water partition coefficient (Wildman–Crippen LogP) is 3.63. The van der Waals surface area contributed by atoms with Crippen molar-refractivity contribution in [1.82, 2.24) is 19.9 Å².